The van der Waals surface area contributed by atoms with E-state index in [4.69, 9.17) is 19.6 Å². The van der Waals surface area contributed by atoms with Gasteiger partial charge in [-0.15, -0.1) is 0 Å². The van der Waals surface area contributed by atoms with Gasteiger partial charge >= 0.3 is 0 Å². The quantitative estimate of drug-likeness (QED) is 0.208. The van der Waals surface area contributed by atoms with Gasteiger partial charge in [-0.1, -0.05) is 53.4 Å². The van der Waals surface area contributed by atoms with Crippen LogP contribution in [0.25, 0.3) is 0 Å². The van der Waals surface area contributed by atoms with Gasteiger partial charge in [0.05, 0.1) is 11.2 Å². The van der Waals surface area contributed by atoms with E-state index in [9.17, 15) is 0 Å². The van der Waals surface area contributed by atoms with Gasteiger partial charge in [0.2, 0.25) is 5.79 Å². The first-order chi connectivity index (χ1) is 11.9. The molecule has 0 N–H and O–H groups in total. The van der Waals surface area contributed by atoms with Crippen molar-refractivity contribution in [3.63, 3.8) is 0 Å². The second-order valence-corrected chi connectivity index (χ2v) is 10.1. The first kappa shape index (κ1) is 23.9. The molecular formula is C22H44O4. The van der Waals surface area contributed by atoms with E-state index in [1.807, 2.05) is 0 Å². The van der Waals surface area contributed by atoms with E-state index in [0.717, 1.165) is 64.2 Å². The first-order valence-electron chi connectivity index (χ1n) is 10.7. The maximum atomic E-state index is 5.98. The van der Waals surface area contributed by atoms with Crippen molar-refractivity contribution in [1.29, 1.82) is 0 Å². The third-order valence-corrected chi connectivity index (χ3v) is 5.47. The molecule has 4 heteroatoms. The Hall–Kier alpha value is -0.160. The van der Waals surface area contributed by atoms with E-state index < -0.39 is 5.79 Å². The minimum absolute atomic E-state index is 0.311. The molecule has 1 fully saturated rings. The summed E-state index contributed by atoms with van der Waals surface area (Å²) in [4.78, 5) is 23.7. The fourth-order valence-corrected chi connectivity index (χ4v) is 3.15. The number of unbranched alkanes of at least 4 members (excludes halogenated alkanes) is 2. The fraction of sp³-hybridized carbons (Fsp3) is 1.00. The second-order valence-electron chi connectivity index (χ2n) is 10.1. The van der Waals surface area contributed by atoms with Gasteiger partial charge in [-0.2, -0.15) is 9.78 Å². The molecule has 0 unspecified atom stereocenters. The molecular weight excluding hydrogens is 328 g/mol. The standard InChI is InChI=1S/C22H44O4/c1-9-11-13-20(5,6)23-25-22(17-15-19(3,4)16-18-22)26-24-21(7,8)14-12-10-2/h9-18H2,1-8H3. The largest absolute Gasteiger partial charge is 0.234 e. The maximum Gasteiger partial charge on any atom is 0.234 e. The number of rotatable bonds is 12. The Bertz CT molecular complexity index is 365. The van der Waals surface area contributed by atoms with E-state index in [-0.39, 0.29) is 11.2 Å². The molecule has 0 aromatic carbocycles. The minimum atomic E-state index is -0.803. The number of hydrogen-bond donors (Lipinski definition) is 0. The van der Waals surface area contributed by atoms with E-state index in [1.165, 1.54) is 0 Å². The van der Waals surface area contributed by atoms with Crippen LogP contribution in [0, 0.1) is 5.41 Å². The summed E-state index contributed by atoms with van der Waals surface area (Å²) in [6.07, 6.45) is 10.1. The van der Waals surface area contributed by atoms with Gasteiger partial charge in [0.1, 0.15) is 0 Å². The highest BCUT2D eigenvalue weighted by molar-refractivity contribution is 4.84. The summed E-state index contributed by atoms with van der Waals surface area (Å²) >= 11 is 0. The normalized spacial score (nSPS) is 20.3. The number of hydrogen-bond acceptors (Lipinski definition) is 4. The summed E-state index contributed by atoms with van der Waals surface area (Å²) in [7, 11) is 0. The predicted octanol–water partition coefficient (Wildman–Crippen LogP) is 7.12. The molecule has 0 aliphatic heterocycles. The first-order valence-corrected chi connectivity index (χ1v) is 10.7. The Morgan fingerprint density at radius 3 is 1.42 bits per heavy atom. The molecule has 0 aromatic rings. The molecule has 1 aliphatic carbocycles. The van der Waals surface area contributed by atoms with Crippen LogP contribution in [0.5, 0.6) is 0 Å². The minimum Gasteiger partial charge on any atom is -0.228 e. The van der Waals surface area contributed by atoms with Crippen LogP contribution in [0.3, 0.4) is 0 Å². The average Bonchev–Trinajstić information content (AvgIpc) is 2.57. The van der Waals surface area contributed by atoms with Gasteiger partial charge in [-0.05, 0) is 58.8 Å². The lowest BCUT2D eigenvalue weighted by Crippen LogP contribution is -2.45. The highest BCUT2D eigenvalue weighted by atomic mass is 17.3. The molecule has 4 nitrogen and oxygen atoms in total. The van der Waals surface area contributed by atoms with E-state index in [1.54, 1.807) is 0 Å². The van der Waals surface area contributed by atoms with E-state index in [2.05, 4.69) is 55.4 Å². The summed E-state index contributed by atoms with van der Waals surface area (Å²) in [5.41, 5.74) is -0.334. The summed E-state index contributed by atoms with van der Waals surface area (Å²) in [5.74, 6) is -0.803. The molecule has 1 rings (SSSR count). The molecule has 0 spiro atoms. The molecule has 0 atom stereocenters. The SMILES string of the molecule is CCCCC(C)(C)OOC1(OOC(C)(C)CCCC)CCC(C)(C)CC1. The zero-order valence-electron chi connectivity index (χ0n) is 18.7. The molecule has 1 aliphatic rings. The van der Waals surface area contributed by atoms with Crippen molar-refractivity contribution in [3.8, 4) is 0 Å². The van der Waals surface area contributed by atoms with Crippen LogP contribution < -0.4 is 0 Å². The molecule has 0 amide bonds. The zero-order chi connectivity index (χ0) is 19.9. The molecule has 26 heavy (non-hydrogen) atoms. The van der Waals surface area contributed by atoms with E-state index in [0.29, 0.717) is 5.41 Å². The summed E-state index contributed by atoms with van der Waals surface area (Å²) in [6, 6.07) is 0. The zero-order valence-corrected chi connectivity index (χ0v) is 18.7. The van der Waals surface area contributed by atoms with Crippen LogP contribution in [0.2, 0.25) is 0 Å². The topological polar surface area (TPSA) is 36.9 Å². The molecule has 0 radical (unpaired) electrons. The third-order valence-electron chi connectivity index (χ3n) is 5.47. The molecule has 0 heterocycles. The summed E-state index contributed by atoms with van der Waals surface area (Å²) < 4.78 is 0. The fourth-order valence-electron chi connectivity index (χ4n) is 3.15. The Morgan fingerprint density at radius 2 is 1.08 bits per heavy atom. The molecule has 156 valence electrons. The van der Waals surface area contributed by atoms with Crippen molar-refractivity contribution in [2.45, 2.75) is 137 Å². The van der Waals surface area contributed by atoms with Crippen molar-refractivity contribution in [2.75, 3.05) is 0 Å². The Balaban J connectivity index is 2.71. The lowest BCUT2D eigenvalue weighted by atomic mass is 9.75. The van der Waals surface area contributed by atoms with Crippen LogP contribution in [0.1, 0.15) is 120 Å². The molecule has 0 aromatic heterocycles. The van der Waals surface area contributed by atoms with Crippen molar-refractivity contribution in [1.82, 2.24) is 0 Å². The van der Waals surface area contributed by atoms with Gasteiger partial charge in [0.25, 0.3) is 0 Å². The molecule has 1 saturated carbocycles. The van der Waals surface area contributed by atoms with E-state index >= 15 is 0 Å². The third kappa shape index (κ3) is 8.69. The van der Waals surface area contributed by atoms with Crippen molar-refractivity contribution in [3.05, 3.63) is 0 Å². The van der Waals surface area contributed by atoms with Gasteiger partial charge in [0, 0.05) is 12.8 Å². The second kappa shape index (κ2) is 9.86. The van der Waals surface area contributed by atoms with Crippen LogP contribution >= 0.6 is 0 Å². The summed E-state index contributed by atoms with van der Waals surface area (Å²) in [5, 5.41) is 0. The van der Waals surface area contributed by atoms with Crippen molar-refractivity contribution >= 4 is 0 Å². The van der Waals surface area contributed by atoms with Crippen LogP contribution in [-0.4, -0.2) is 17.0 Å². The summed E-state index contributed by atoms with van der Waals surface area (Å²) in [6.45, 7) is 17.3. The Morgan fingerprint density at radius 1 is 0.692 bits per heavy atom. The monoisotopic (exact) mass is 372 g/mol. The Labute approximate surface area is 162 Å². The Kier molecular flexibility index (Phi) is 9.06. The van der Waals surface area contributed by atoms with Gasteiger partial charge < -0.3 is 0 Å². The van der Waals surface area contributed by atoms with Gasteiger partial charge in [-0.25, -0.2) is 9.78 Å². The molecule has 0 saturated heterocycles. The van der Waals surface area contributed by atoms with Crippen LogP contribution in [-0.2, 0) is 19.6 Å². The lowest BCUT2D eigenvalue weighted by Gasteiger charge is -2.43. The average molecular weight is 373 g/mol. The van der Waals surface area contributed by atoms with Crippen LogP contribution in [0.15, 0.2) is 0 Å². The van der Waals surface area contributed by atoms with Gasteiger partial charge in [-0.3, -0.25) is 0 Å². The van der Waals surface area contributed by atoms with Crippen molar-refractivity contribution < 1.29 is 19.6 Å². The van der Waals surface area contributed by atoms with Crippen molar-refractivity contribution in [2.24, 2.45) is 5.41 Å². The predicted molar refractivity (Wildman–Crippen MR) is 107 cm³/mol. The lowest BCUT2D eigenvalue weighted by molar-refractivity contribution is -0.549. The highest BCUT2D eigenvalue weighted by Gasteiger charge is 2.45. The molecule has 0 bridgehead atoms. The van der Waals surface area contributed by atoms with Gasteiger partial charge in [0.15, 0.2) is 0 Å². The van der Waals surface area contributed by atoms with Crippen LogP contribution in [0.4, 0.5) is 0 Å². The maximum absolute atomic E-state index is 5.98. The highest BCUT2D eigenvalue weighted by Crippen LogP contribution is 2.44. The smallest absolute Gasteiger partial charge is 0.228 e.